The van der Waals surface area contributed by atoms with Crippen molar-refractivity contribution in [2.75, 3.05) is 37.5 Å². The molecule has 1 atom stereocenters. The molecule has 4 rings (SSSR count). The van der Waals surface area contributed by atoms with Gasteiger partial charge in [-0.2, -0.15) is 0 Å². The third kappa shape index (κ3) is 6.70. The summed E-state index contributed by atoms with van der Waals surface area (Å²) in [6.45, 7) is 3.00. The number of aliphatic carboxylic acids is 1. The van der Waals surface area contributed by atoms with Crippen LogP contribution in [0.3, 0.4) is 0 Å². The summed E-state index contributed by atoms with van der Waals surface area (Å²) in [7, 11) is 3.63. The molecule has 1 amide bonds. The molecule has 10 heteroatoms. The topological polar surface area (TPSA) is 117 Å². The highest BCUT2D eigenvalue weighted by Crippen LogP contribution is 2.34. The Kier molecular flexibility index (Phi) is 8.87. The minimum Gasteiger partial charge on any atom is -0.480 e. The van der Waals surface area contributed by atoms with Gasteiger partial charge in [0, 0.05) is 51.1 Å². The summed E-state index contributed by atoms with van der Waals surface area (Å²) in [5, 5.41) is 15.8. The molecule has 0 unspecified atom stereocenters. The van der Waals surface area contributed by atoms with Gasteiger partial charge in [-0.25, -0.2) is 14.8 Å². The lowest BCUT2D eigenvalue weighted by molar-refractivity contribution is -0.140. The zero-order valence-electron chi connectivity index (χ0n) is 21.7. The first-order chi connectivity index (χ1) is 17.7. The molecule has 2 aromatic heterocycles. The van der Waals surface area contributed by atoms with Crippen molar-refractivity contribution < 1.29 is 19.4 Å². The van der Waals surface area contributed by atoms with Crippen LogP contribution in [0.5, 0.6) is 0 Å². The van der Waals surface area contributed by atoms with Crippen LogP contribution in [0, 0.1) is 12.8 Å². The van der Waals surface area contributed by atoms with E-state index in [0.29, 0.717) is 17.3 Å². The molecular formula is C27H36ClN5O4. The number of pyridine rings is 2. The Morgan fingerprint density at radius 1 is 1.32 bits per heavy atom. The largest absolute Gasteiger partial charge is 0.480 e. The number of ether oxygens (including phenoxy) is 1. The molecule has 0 aromatic carbocycles. The third-order valence-electron chi connectivity index (χ3n) is 7.22. The number of nitrogens with one attached hydrogen (secondary N) is 2. The van der Waals surface area contributed by atoms with Crippen molar-refractivity contribution >= 4 is 35.1 Å². The fourth-order valence-corrected chi connectivity index (χ4v) is 5.32. The zero-order valence-corrected chi connectivity index (χ0v) is 22.5. The maximum absolute atomic E-state index is 12.9. The SMILES string of the molecule is Cc1c(N(C)C)ncc(Cl)c1C(=O)N[C@@H](CCO[C@H]1C[C@@H](CCc2ccc3c(n2)NCCC3)C1)C(=O)O. The number of hydrogen-bond acceptors (Lipinski definition) is 7. The van der Waals surface area contributed by atoms with E-state index in [0.717, 1.165) is 56.6 Å². The number of rotatable bonds is 11. The molecule has 0 saturated heterocycles. The molecule has 0 radical (unpaired) electrons. The van der Waals surface area contributed by atoms with Crippen molar-refractivity contribution in [1.82, 2.24) is 15.3 Å². The Balaban J connectivity index is 1.20. The molecule has 200 valence electrons. The molecule has 1 aliphatic heterocycles. The molecule has 1 aliphatic carbocycles. The third-order valence-corrected chi connectivity index (χ3v) is 7.50. The highest BCUT2D eigenvalue weighted by atomic mass is 35.5. The number of aryl methyl sites for hydroxylation is 2. The smallest absolute Gasteiger partial charge is 0.326 e. The van der Waals surface area contributed by atoms with E-state index in [4.69, 9.17) is 21.3 Å². The van der Waals surface area contributed by atoms with E-state index in [1.54, 1.807) is 11.8 Å². The van der Waals surface area contributed by atoms with Crippen molar-refractivity contribution in [2.45, 2.75) is 64.0 Å². The van der Waals surface area contributed by atoms with Crippen LogP contribution in [-0.2, 0) is 22.4 Å². The number of nitrogens with zero attached hydrogens (tertiary/aromatic N) is 3. The minimum absolute atomic E-state index is 0.132. The lowest BCUT2D eigenvalue weighted by Crippen LogP contribution is -2.42. The Hall–Kier alpha value is -2.91. The normalized spacial score (nSPS) is 19.2. The van der Waals surface area contributed by atoms with Crippen molar-refractivity contribution in [3.63, 3.8) is 0 Å². The maximum Gasteiger partial charge on any atom is 0.326 e. The molecule has 2 aliphatic rings. The number of carboxylic acid groups (broad SMARTS) is 1. The monoisotopic (exact) mass is 529 g/mol. The summed E-state index contributed by atoms with van der Waals surface area (Å²) in [6.07, 6.45) is 7.92. The molecule has 9 nitrogen and oxygen atoms in total. The van der Waals surface area contributed by atoms with Crippen LogP contribution in [-0.4, -0.2) is 66.3 Å². The second-order valence-electron chi connectivity index (χ2n) is 10.2. The summed E-state index contributed by atoms with van der Waals surface area (Å²) < 4.78 is 5.92. The number of amides is 1. The lowest BCUT2D eigenvalue weighted by Gasteiger charge is -2.35. The van der Waals surface area contributed by atoms with Crippen LogP contribution in [0.25, 0.3) is 0 Å². The highest BCUT2D eigenvalue weighted by Gasteiger charge is 2.31. The molecule has 1 fully saturated rings. The van der Waals surface area contributed by atoms with Gasteiger partial charge in [-0.3, -0.25) is 4.79 Å². The second kappa shape index (κ2) is 12.1. The van der Waals surface area contributed by atoms with Gasteiger partial charge in [-0.1, -0.05) is 17.7 Å². The fourth-order valence-electron chi connectivity index (χ4n) is 5.05. The average Bonchev–Trinajstić information content (AvgIpc) is 2.83. The lowest BCUT2D eigenvalue weighted by atomic mass is 9.79. The Morgan fingerprint density at radius 3 is 2.84 bits per heavy atom. The van der Waals surface area contributed by atoms with Crippen LogP contribution in [0.4, 0.5) is 11.6 Å². The van der Waals surface area contributed by atoms with Gasteiger partial charge in [0.15, 0.2) is 0 Å². The molecule has 37 heavy (non-hydrogen) atoms. The van der Waals surface area contributed by atoms with Crippen LogP contribution in [0.15, 0.2) is 18.3 Å². The van der Waals surface area contributed by atoms with E-state index < -0.39 is 17.9 Å². The van der Waals surface area contributed by atoms with Crippen LogP contribution < -0.4 is 15.5 Å². The second-order valence-corrected chi connectivity index (χ2v) is 10.6. The summed E-state index contributed by atoms with van der Waals surface area (Å²) in [6, 6.07) is 3.26. The fraction of sp³-hybridized carbons (Fsp3) is 0.556. The first-order valence-corrected chi connectivity index (χ1v) is 13.3. The number of aromatic nitrogens is 2. The van der Waals surface area contributed by atoms with Gasteiger partial charge in [0.25, 0.3) is 5.91 Å². The Labute approximate surface area is 223 Å². The number of hydrogen-bond donors (Lipinski definition) is 3. The van der Waals surface area contributed by atoms with Crippen LogP contribution in [0.1, 0.15) is 59.3 Å². The minimum atomic E-state index is -1.11. The van der Waals surface area contributed by atoms with E-state index in [-0.39, 0.29) is 29.7 Å². The Bertz CT molecular complexity index is 1140. The predicted octanol–water partition coefficient (Wildman–Crippen LogP) is 3.86. The van der Waals surface area contributed by atoms with Gasteiger partial charge in [-0.05, 0) is 63.0 Å². The van der Waals surface area contributed by atoms with Gasteiger partial charge in [0.05, 0.1) is 16.7 Å². The quantitative estimate of drug-likeness (QED) is 0.402. The molecule has 3 heterocycles. The molecule has 3 N–H and O–H groups in total. The highest BCUT2D eigenvalue weighted by molar-refractivity contribution is 6.34. The predicted molar refractivity (Wildman–Crippen MR) is 144 cm³/mol. The van der Waals surface area contributed by atoms with E-state index in [2.05, 4.69) is 27.8 Å². The number of halogens is 1. The number of carbonyl (C=O) groups is 2. The van der Waals surface area contributed by atoms with E-state index >= 15 is 0 Å². The summed E-state index contributed by atoms with van der Waals surface area (Å²) in [5.74, 6) is 0.594. The first-order valence-electron chi connectivity index (χ1n) is 12.9. The van der Waals surface area contributed by atoms with Crippen molar-refractivity contribution in [1.29, 1.82) is 0 Å². The van der Waals surface area contributed by atoms with Crippen molar-refractivity contribution in [3.8, 4) is 0 Å². The van der Waals surface area contributed by atoms with E-state index in [9.17, 15) is 14.7 Å². The van der Waals surface area contributed by atoms with E-state index in [1.165, 1.54) is 11.8 Å². The van der Waals surface area contributed by atoms with E-state index in [1.807, 2.05) is 14.1 Å². The van der Waals surface area contributed by atoms with Gasteiger partial charge < -0.3 is 25.4 Å². The molecule has 0 spiro atoms. The zero-order chi connectivity index (χ0) is 26.5. The van der Waals surface area contributed by atoms with Gasteiger partial charge in [0.1, 0.15) is 17.7 Å². The Morgan fingerprint density at radius 2 is 2.11 bits per heavy atom. The first kappa shape index (κ1) is 27.1. The molecule has 0 bridgehead atoms. The molecule has 2 aromatic rings. The number of carbonyl (C=O) groups excluding carboxylic acids is 1. The standard InChI is InChI=1S/C27H36ClN5O4/c1-16-23(21(28)15-30-25(16)33(2)3)26(34)32-22(27(35)36)10-12-37-20-13-17(14-20)6-8-19-9-7-18-5-4-11-29-24(18)31-19/h7,9,15,17,20,22H,4-6,8,10-14H2,1-3H3,(H,29,31)(H,32,34)(H,35,36)/t17-,20+,22-/m0/s1. The van der Waals surface area contributed by atoms with Crippen molar-refractivity contribution in [3.05, 3.63) is 45.7 Å². The summed E-state index contributed by atoms with van der Waals surface area (Å²) in [4.78, 5) is 35.5. The molecular weight excluding hydrogens is 494 g/mol. The van der Waals surface area contributed by atoms with Crippen LogP contribution >= 0.6 is 11.6 Å². The number of anilines is 2. The van der Waals surface area contributed by atoms with Crippen molar-refractivity contribution in [2.24, 2.45) is 5.92 Å². The van der Waals surface area contributed by atoms with Crippen LogP contribution in [0.2, 0.25) is 5.02 Å². The van der Waals surface area contributed by atoms with Gasteiger partial charge in [-0.15, -0.1) is 0 Å². The summed E-state index contributed by atoms with van der Waals surface area (Å²) >= 11 is 6.23. The van der Waals surface area contributed by atoms with Gasteiger partial charge >= 0.3 is 5.97 Å². The number of carboxylic acids is 1. The van der Waals surface area contributed by atoms with Gasteiger partial charge in [0.2, 0.25) is 0 Å². The number of fused-ring (bicyclic) bond motifs is 1. The molecule has 1 saturated carbocycles. The maximum atomic E-state index is 12.9. The average molecular weight is 530 g/mol. The summed E-state index contributed by atoms with van der Waals surface area (Å²) in [5.41, 5.74) is 3.26.